The summed E-state index contributed by atoms with van der Waals surface area (Å²) in [6, 6.07) is 10.9. The highest BCUT2D eigenvalue weighted by Gasteiger charge is 2.36. The molecule has 0 N–H and O–H groups in total. The van der Waals surface area contributed by atoms with Gasteiger partial charge in [0.25, 0.3) is 0 Å². The second-order valence-electron chi connectivity index (χ2n) is 7.71. The van der Waals surface area contributed by atoms with Crippen molar-refractivity contribution in [3.63, 3.8) is 0 Å². The van der Waals surface area contributed by atoms with Gasteiger partial charge < -0.3 is 4.74 Å². The quantitative estimate of drug-likeness (QED) is 0.439. The van der Waals surface area contributed by atoms with Gasteiger partial charge >= 0.3 is 0 Å². The third-order valence-electron chi connectivity index (χ3n) is 5.77. The molecule has 1 aromatic carbocycles. The maximum atomic E-state index is 9.88. The highest BCUT2D eigenvalue weighted by atomic mass is 16.5. The van der Waals surface area contributed by atoms with Crippen molar-refractivity contribution in [1.29, 1.82) is 5.26 Å². The van der Waals surface area contributed by atoms with Gasteiger partial charge in [-0.15, -0.1) is 0 Å². The van der Waals surface area contributed by atoms with Gasteiger partial charge in [0.1, 0.15) is 5.75 Å². The smallest absolute Gasteiger partial charge is 0.119 e. The molecule has 1 aliphatic rings. The molecule has 1 saturated carbocycles. The highest BCUT2D eigenvalue weighted by Crippen LogP contribution is 2.43. The fraction of sp³-hybridized carbons (Fsp3) is 0.696. The summed E-state index contributed by atoms with van der Waals surface area (Å²) < 4.78 is 5.67. The van der Waals surface area contributed by atoms with Crippen LogP contribution in [0.5, 0.6) is 5.75 Å². The van der Waals surface area contributed by atoms with E-state index in [2.05, 4.69) is 32.0 Å². The van der Waals surface area contributed by atoms with Crippen LogP contribution in [0.15, 0.2) is 24.3 Å². The Morgan fingerprint density at radius 2 is 1.68 bits per heavy atom. The van der Waals surface area contributed by atoms with Gasteiger partial charge in [0.05, 0.1) is 18.1 Å². The molecule has 2 heteroatoms. The van der Waals surface area contributed by atoms with Crippen LogP contribution in [0.25, 0.3) is 0 Å². The summed E-state index contributed by atoms with van der Waals surface area (Å²) in [7, 11) is 0. The Morgan fingerprint density at radius 3 is 2.28 bits per heavy atom. The average molecular weight is 342 g/mol. The molecule has 0 unspecified atom stereocenters. The van der Waals surface area contributed by atoms with E-state index in [1.807, 2.05) is 12.1 Å². The molecule has 0 saturated heterocycles. The Kier molecular flexibility index (Phi) is 8.32. The minimum absolute atomic E-state index is 0.276. The summed E-state index contributed by atoms with van der Waals surface area (Å²) in [5.41, 5.74) is 0.905. The fourth-order valence-corrected chi connectivity index (χ4v) is 4.05. The summed E-state index contributed by atoms with van der Waals surface area (Å²) in [6.07, 6.45) is 13.6. The van der Waals surface area contributed by atoms with Crippen LogP contribution in [0.2, 0.25) is 0 Å². The molecule has 0 spiro atoms. The SMILES string of the molecule is CCCCCCC[C@H]1CC[C@@](C#N)(c2ccc(OCCC)cc2)CC1. The molecule has 0 aromatic heterocycles. The number of hydrogen-bond acceptors (Lipinski definition) is 2. The van der Waals surface area contributed by atoms with Crippen molar-refractivity contribution in [1.82, 2.24) is 0 Å². The van der Waals surface area contributed by atoms with E-state index in [9.17, 15) is 5.26 Å². The molecule has 1 fully saturated rings. The standard InChI is InChI=1S/C23H35NO/c1-3-5-6-7-8-9-20-14-16-23(19-24,17-15-20)21-10-12-22(13-11-21)25-18-4-2/h10-13,20H,3-9,14-18H2,1-2H3/t20-,23+. The number of benzene rings is 1. The minimum atomic E-state index is -0.276. The van der Waals surface area contributed by atoms with Crippen molar-refractivity contribution >= 4 is 0 Å². The molecule has 0 amide bonds. The zero-order valence-electron chi connectivity index (χ0n) is 16.2. The number of nitrogens with zero attached hydrogens (tertiary/aromatic N) is 1. The zero-order chi connectivity index (χ0) is 18.0. The third kappa shape index (κ3) is 5.77. The Morgan fingerprint density at radius 1 is 1.00 bits per heavy atom. The largest absolute Gasteiger partial charge is 0.494 e. The van der Waals surface area contributed by atoms with E-state index in [1.165, 1.54) is 56.9 Å². The average Bonchev–Trinajstić information content (AvgIpc) is 2.67. The molecule has 0 radical (unpaired) electrons. The maximum Gasteiger partial charge on any atom is 0.119 e. The molecule has 0 aliphatic heterocycles. The Hall–Kier alpha value is -1.49. The van der Waals surface area contributed by atoms with E-state index in [-0.39, 0.29) is 5.41 Å². The molecule has 25 heavy (non-hydrogen) atoms. The number of nitriles is 1. The van der Waals surface area contributed by atoms with Crippen molar-refractivity contribution in [2.75, 3.05) is 6.61 Å². The molecule has 0 atom stereocenters. The molecular weight excluding hydrogens is 306 g/mol. The van der Waals surface area contributed by atoms with Gasteiger partial charge in [0.2, 0.25) is 0 Å². The van der Waals surface area contributed by atoms with E-state index in [0.717, 1.165) is 37.5 Å². The number of rotatable bonds is 10. The summed E-state index contributed by atoms with van der Waals surface area (Å²) >= 11 is 0. The van der Waals surface area contributed by atoms with Gasteiger partial charge in [-0.3, -0.25) is 0 Å². The first-order valence-electron chi connectivity index (χ1n) is 10.4. The van der Waals surface area contributed by atoms with E-state index in [0.29, 0.717) is 0 Å². The van der Waals surface area contributed by atoms with Gasteiger partial charge in [0.15, 0.2) is 0 Å². The topological polar surface area (TPSA) is 33.0 Å². The monoisotopic (exact) mass is 341 g/mol. The van der Waals surface area contributed by atoms with Crippen molar-refractivity contribution in [2.45, 2.75) is 89.9 Å². The van der Waals surface area contributed by atoms with Gasteiger partial charge in [-0.1, -0.05) is 64.5 Å². The van der Waals surface area contributed by atoms with Crippen LogP contribution >= 0.6 is 0 Å². The molecule has 2 nitrogen and oxygen atoms in total. The Labute approximate surface area is 154 Å². The second kappa shape index (κ2) is 10.5. The normalized spacial score (nSPS) is 23.2. The number of hydrogen-bond donors (Lipinski definition) is 0. The molecule has 0 heterocycles. The Bertz CT molecular complexity index is 520. The van der Waals surface area contributed by atoms with Gasteiger partial charge in [0, 0.05) is 0 Å². The van der Waals surface area contributed by atoms with Crippen molar-refractivity contribution < 1.29 is 4.74 Å². The lowest BCUT2D eigenvalue weighted by molar-refractivity contribution is 0.261. The zero-order valence-corrected chi connectivity index (χ0v) is 16.2. The van der Waals surface area contributed by atoms with E-state index >= 15 is 0 Å². The molecule has 138 valence electrons. The predicted molar refractivity (Wildman–Crippen MR) is 105 cm³/mol. The molecule has 0 bridgehead atoms. The number of unbranched alkanes of at least 4 members (excludes halogenated alkanes) is 4. The molecular formula is C23H35NO. The lowest BCUT2D eigenvalue weighted by atomic mass is 9.67. The summed E-state index contributed by atoms with van der Waals surface area (Å²) in [5.74, 6) is 1.75. The van der Waals surface area contributed by atoms with Gasteiger partial charge in [-0.05, 0) is 55.7 Å². The number of ether oxygens (including phenoxy) is 1. The van der Waals surface area contributed by atoms with E-state index in [4.69, 9.17) is 4.74 Å². The fourth-order valence-electron chi connectivity index (χ4n) is 4.05. The molecule has 1 aliphatic carbocycles. The van der Waals surface area contributed by atoms with Crippen LogP contribution in [0.3, 0.4) is 0 Å². The van der Waals surface area contributed by atoms with Crippen LogP contribution in [0, 0.1) is 17.2 Å². The molecule has 2 rings (SSSR count). The summed E-state index contributed by atoms with van der Waals surface area (Å²) in [6.45, 7) is 5.13. The first-order chi connectivity index (χ1) is 12.2. The second-order valence-corrected chi connectivity index (χ2v) is 7.71. The third-order valence-corrected chi connectivity index (χ3v) is 5.77. The first-order valence-corrected chi connectivity index (χ1v) is 10.4. The molecule has 1 aromatic rings. The minimum Gasteiger partial charge on any atom is -0.494 e. The van der Waals surface area contributed by atoms with Crippen LogP contribution in [-0.2, 0) is 5.41 Å². The lowest BCUT2D eigenvalue weighted by Crippen LogP contribution is -2.30. The predicted octanol–water partition coefficient (Wildman–Crippen LogP) is 6.79. The van der Waals surface area contributed by atoms with Gasteiger partial charge in [-0.2, -0.15) is 5.26 Å². The summed E-state index contributed by atoms with van der Waals surface area (Å²) in [4.78, 5) is 0. The van der Waals surface area contributed by atoms with Crippen LogP contribution < -0.4 is 4.74 Å². The van der Waals surface area contributed by atoms with E-state index < -0.39 is 0 Å². The van der Waals surface area contributed by atoms with Crippen molar-refractivity contribution in [3.05, 3.63) is 29.8 Å². The van der Waals surface area contributed by atoms with Crippen LogP contribution in [0.1, 0.15) is 90.0 Å². The maximum absolute atomic E-state index is 9.88. The summed E-state index contributed by atoms with van der Waals surface area (Å²) in [5, 5.41) is 9.88. The van der Waals surface area contributed by atoms with Crippen molar-refractivity contribution in [3.8, 4) is 11.8 Å². The Balaban J connectivity index is 1.85. The highest BCUT2D eigenvalue weighted by molar-refractivity contribution is 5.37. The van der Waals surface area contributed by atoms with Gasteiger partial charge in [-0.25, -0.2) is 0 Å². The first kappa shape index (κ1) is 19.8. The van der Waals surface area contributed by atoms with Crippen LogP contribution in [-0.4, -0.2) is 6.61 Å². The van der Waals surface area contributed by atoms with Crippen molar-refractivity contribution in [2.24, 2.45) is 5.92 Å². The lowest BCUT2D eigenvalue weighted by Gasteiger charge is -2.35. The van der Waals surface area contributed by atoms with Crippen LogP contribution in [0.4, 0.5) is 0 Å². The van der Waals surface area contributed by atoms with E-state index in [1.54, 1.807) is 0 Å².